The van der Waals surface area contributed by atoms with Gasteiger partial charge in [0.25, 0.3) is 5.91 Å². The van der Waals surface area contributed by atoms with Crippen LogP contribution in [0.3, 0.4) is 0 Å². The first-order valence-electron chi connectivity index (χ1n) is 7.10. The average Bonchev–Trinajstić information content (AvgIpc) is 2.47. The number of piperazine rings is 1. The molecule has 1 atom stereocenters. The first-order valence-corrected chi connectivity index (χ1v) is 7.10. The summed E-state index contributed by atoms with van der Waals surface area (Å²) in [6.45, 7) is 6.09. The van der Waals surface area contributed by atoms with Crippen LogP contribution in [0.4, 0.5) is 0 Å². The normalized spacial score (nSPS) is 25.1. The number of likely N-dealkylation sites (tertiary alicyclic amines) is 1. The second-order valence-corrected chi connectivity index (χ2v) is 5.28. The first kappa shape index (κ1) is 13.9. The van der Waals surface area contributed by atoms with Gasteiger partial charge in [0.05, 0.1) is 0 Å². The highest BCUT2D eigenvalue weighted by molar-refractivity contribution is 5.97. The van der Waals surface area contributed by atoms with Gasteiger partial charge < -0.3 is 15.1 Å². The Morgan fingerprint density at radius 2 is 2.05 bits per heavy atom. The minimum Gasteiger partial charge on any atom is -0.373 e. The maximum absolute atomic E-state index is 12.3. The Bertz CT molecular complexity index is 393. The van der Waals surface area contributed by atoms with Crippen LogP contribution in [-0.2, 0) is 4.79 Å². The molecule has 2 aliphatic heterocycles. The molecule has 0 aromatic carbocycles. The zero-order chi connectivity index (χ0) is 13.7. The monoisotopic (exact) mass is 262 g/mol. The van der Waals surface area contributed by atoms with E-state index >= 15 is 0 Å². The maximum atomic E-state index is 12.3. The van der Waals surface area contributed by atoms with Crippen molar-refractivity contribution in [1.29, 1.82) is 5.26 Å². The molecule has 0 bridgehead atoms. The van der Waals surface area contributed by atoms with E-state index in [-0.39, 0.29) is 11.5 Å². The zero-order valence-electron chi connectivity index (χ0n) is 11.6. The molecule has 5 heteroatoms. The lowest BCUT2D eigenvalue weighted by Crippen LogP contribution is -2.47. The Morgan fingerprint density at radius 1 is 1.32 bits per heavy atom. The van der Waals surface area contributed by atoms with E-state index in [2.05, 4.69) is 23.2 Å². The SMILES string of the molecule is CC1CCCCN1/C=C(/C#N)C(=O)N1CCNCC1. The molecule has 0 saturated carbocycles. The molecule has 104 valence electrons. The zero-order valence-corrected chi connectivity index (χ0v) is 11.6. The van der Waals surface area contributed by atoms with Gasteiger partial charge in [-0.15, -0.1) is 0 Å². The number of carbonyl (C=O) groups excluding carboxylic acids is 1. The Balaban J connectivity index is 2.05. The topological polar surface area (TPSA) is 59.4 Å². The van der Waals surface area contributed by atoms with Crippen LogP contribution in [-0.4, -0.2) is 54.5 Å². The fraction of sp³-hybridized carbons (Fsp3) is 0.714. The number of hydrogen-bond donors (Lipinski definition) is 1. The first-order chi connectivity index (χ1) is 9.22. The molecule has 1 unspecified atom stereocenters. The molecule has 5 nitrogen and oxygen atoms in total. The maximum Gasteiger partial charge on any atom is 0.266 e. The Morgan fingerprint density at radius 3 is 2.68 bits per heavy atom. The van der Waals surface area contributed by atoms with Crippen molar-refractivity contribution >= 4 is 5.91 Å². The molecule has 0 aromatic rings. The van der Waals surface area contributed by atoms with Gasteiger partial charge >= 0.3 is 0 Å². The minimum absolute atomic E-state index is 0.123. The molecule has 0 spiro atoms. The second-order valence-electron chi connectivity index (χ2n) is 5.28. The van der Waals surface area contributed by atoms with Gasteiger partial charge in [-0.3, -0.25) is 4.79 Å². The van der Waals surface area contributed by atoms with Gasteiger partial charge in [0.2, 0.25) is 0 Å². The van der Waals surface area contributed by atoms with Gasteiger partial charge in [0.1, 0.15) is 11.6 Å². The third-order valence-corrected chi connectivity index (χ3v) is 3.90. The van der Waals surface area contributed by atoms with Crippen molar-refractivity contribution in [2.24, 2.45) is 0 Å². The molecule has 0 radical (unpaired) electrons. The number of amides is 1. The van der Waals surface area contributed by atoms with Crippen molar-refractivity contribution in [3.8, 4) is 6.07 Å². The third-order valence-electron chi connectivity index (χ3n) is 3.90. The number of hydrogen-bond acceptors (Lipinski definition) is 4. The molecule has 1 N–H and O–H groups in total. The molecule has 19 heavy (non-hydrogen) atoms. The molecule has 2 rings (SSSR count). The molecule has 2 fully saturated rings. The summed E-state index contributed by atoms with van der Waals surface area (Å²) in [4.78, 5) is 16.2. The average molecular weight is 262 g/mol. The van der Waals surface area contributed by atoms with Gasteiger partial charge in [-0.25, -0.2) is 0 Å². The molecule has 1 amide bonds. The van der Waals surface area contributed by atoms with E-state index in [4.69, 9.17) is 0 Å². The van der Waals surface area contributed by atoms with Crippen LogP contribution in [0, 0.1) is 11.3 Å². The highest BCUT2D eigenvalue weighted by Gasteiger charge is 2.22. The summed E-state index contributed by atoms with van der Waals surface area (Å²) in [6.07, 6.45) is 5.28. The van der Waals surface area contributed by atoms with Crippen molar-refractivity contribution in [2.75, 3.05) is 32.7 Å². The molecule has 2 heterocycles. The van der Waals surface area contributed by atoms with Crippen LogP contribution in [0.15, 0.2) is 11.8 Å². The van der Waals surface area contributed by atoms with Crippen LogP contribution in [0.5, 0.6) is 0 Å². The summed E-state index contributed by atoms with van der Waals surface area (Å²) in [5, 5.41) is 12.4. The lowest BCUT2D eigenvalue weighted by Gasteiger charge is -2.33. The Kier molecular flexibility index (Phi) is 4.80. The molecular formula is C14H22N4O. The molecule has 0 aliphatic carbocycles. The number of nitrogens with one attached hydrogen (secondary N) is 1. The van der Waals surface area contributed by atoms with Crippen LogP contribution in [0.2, 0.25) is 0 Å². The van der Waals surface area contributed by atoms with E-state index in [1.807, 2.05) is 0 Å². The van der Waals surface area contributed by atoms with E-state index in [9.17, 15) is 10.1 Å². The van der Waals surface area contributed by atoms with E-state index in [0.29, 0.717) is 19.1 Å². The summed E-state index contributed by atoms with van der Waals surface area (Å²) >= 11 is 0. The van der Waals surface area contributed by atoms with Gasteiger partial charge in [0, 0.05) is 45.0 Å². The molecule has 2 saturated heterocycles. The molecular weight excluding hydrogens is 240 g/mol. The van der Waals surface area contributed by atoms with E-state index < -0.39 is 0 Å². The predicted molar refractivity (Wildman–Crippen MR) is 73.2 cm³/mol. The number of piperidine rings is 1. The van der Waals surface area contributed by atoms with Crippen molar-refractivity contribution in [3.63, 3.8) is 0 Å². The lowest BCUT2D eigenvalue weighted by molar-refractivity contribution is -0.127. The largest absolute Gasteiger partial charge is 0.373 e. The number of nitriles is 1. The summed E-state index contributed by atoms with van der Waals surface area (Å²) < 4.78 is 0. The van der Waals surface area contributed by atoms with Crippen LogP contribution in [0.1, 0.15) is 26.2 Å². The lowest BCUT2D eigenvalue weighted by atomic mass is 10.0. The van der Waals surface area contributed by atoms with Gasteiger partial charge in [0.15, 0.2) is 0 Å². The minimum atomic E-state index is -0.123. The Hall–Kier alpha value is -1.54. The van der Waals surface area contributed by atoms with Gasteiger partial charge in [-0.2, -0.15) is 5.26 Å². The summed E-state index contributed by atoms with van der Waals surface area (Å²) in [7, 11) is 0. The molecule has 0 aromatic heterocycles. The summed E-state index contributed by atoms with van der Waals surface area (Å²) in [5.41, 5.74) is 0.274. The van der Waals surface area contributed by atoms with Gasteiger partial charge in [-0.05, 0) is 26.2 Å². The van der Waals surface area contributed by atoms with Crippen LogP contribution < -0.4 is 5.32 Å². The second kappa shape index (κ2) is 6.58. The standard InChI is InChI=1S/C14H22N4O/c1-12-4-2-3-7-18(12)11-13(10-15)14(19)17-8-5-16-6-9-17/h11-12,16H,2-9H2,1H3/b13-11-. The van der Waals surface area contributed by atoms with Crippen LogP contribution >= 0.6 is 0 Å². The highest BCUT2D eigenvalue weighted by atomic mass is 16.2. The number of rotatable bonds is 2. The Labute approximate surface area is 114 Å². The summed E-state index contributed by atoms with van der Waals surface area (Å²) in [5.74, 6) is -0.123. The van der Waals surface area contributed by atoms with E-state index in [0.717, 1.165) is 32.5 Å². The fourth-order valence-corrected chi connectivity index (χ4v) is 2.65. The van der Waals surface area contributed by atoms with Crippen molar-refractivity contribution in [3.05, 3.63) is 11.8 Å². The van der Waals surface area contributed by atoms with Crippen LogP contribution in [0.25, 0.3) is 0 Å². The predicted octanol–water partition coefficient (Wildman–Crippen LogP) is 0.700. The highest BCUT2D eigenvalue weighted by Crippen LogP contribution is 2.18. The molecule has 2 aliphatic rings. The van der Waals surface area contributed by atoms with Gasteiger partial charge in [-0.1, -0.05) is 0 Å². The quantitative estimate of drug-likeness (QED) is 0.588. The van der Waals surface area contributed by atoms with Crippen molar-refractivity contribution in [1.82, 2.24) is 15.1 Å². The number of carbonyl (C=O) groups is 1. The summed E-state index contributed by atoms with van der Waals surface area (Å²) in [6, 6.07) is 2.50. The van der Waals surface area contributed by atoms with E-state index in [1.54, 1.807) is 11.1 Å². The number of nitrogens with zero attached hydrogens (tertiary/aromatic N) is 3. The van der Waals surface area contributed by atoms with E-state index in [1.165, 1.54) is 6.42 Å². The van der Waals surface area contributed by atoms with Crippen molar-refractivity contribution < 1.29 is 4.79 Å². The smallest absolute Gasteiger partial charge is 0.266 e. The van der Waals surface area contributed by atoms with Crippen molar-refractivity contribution in [2.45, 2.75) is 32.2 Å². The third kappa shape index (κ3) is 3.48. The fourth-order valence-electron chi connectivity index (χ4n) is 2.65.